The average Bonchev–Trinajstić information content (AvgIpc) is 3.08. The predicted octanol–water partition coefficient (Wildman–Crippen LogP) is 0.276. The molecule has 2 N–H and O–H groups in total. The van der Waals surface area contributed by atoms with E-state index in [0.717, 1.165) is 19.1 Å². The monoisotopic (exact) mass is 301 g/mol. The molecule has 0 radical (unpaired) electrons. The van der Waals surface area contributed by atoms with Gasteiger partial charge in [0.05, 0.1) is 13.2 Å². The molecule has 0 aromatic rings. The number of likely N-dealkylation sites (N-methyl/N-ethyl adjacent to an activating group) is 1. The van der Waals surface area contributed by atoms with E-state index < -0.39 is 0 Å². The van der Waals surface area contributed by atoms with Crippen molar-refractivity contribution in [2.75, 3.05) is 46.9 Å². The summed E-state index contributed by atoms with van der Waals surface area (Å²) in [6.45, 7) is 3.40. The standard InChI is InChI=1S/C11H23N3O2.2ClH/c1-14(10-3-4-10)7-5-13-11(15)9-12-6-8-16-2;;/h10,12H,3-9H2,1-2H3,(H,13,15);2*1H. The van der Waals surface area contributed by atoms with Gasteiger partial charge in [0.15, 0.2) is 0 Å². The van der Waals surface area contributed by atoms with Crippen LogP contribution in [0.1, 0.15) is 12.8 Å². The number of halogens is 2. The van der Waals surface area contributed by atoms with Crippen LogP contribution < -0.4 is 10.6 Å². The molecule has 1 aliphatic carbocycles. The van der Waals surface area contributed by atoms with Gasteiger partial charge in [0, 0.05) is 32.8 Å². The van der Waals surface area contributed by atoms with Crippen LogP contribution in [0, 0.1) is 0 Å². The number of hydrogen-bond acceptors (Lipinski definition) is 4. The Kier molecular flexibility index (Phi) is 13.5. The summed E-state index contributed by atoms with van der Waals surface area (Å²) in [6.07, 6.45) is 2.62. The van der Waals surface area contributed by atoms with Gasteiger partial charge in [-0.05, 0) is 19.9 Å². The van der Waals surface area contributed by atoms with E-state index in [-0.39, 0.29) is 30.7 Å². The molecule has 0 unspecified atom stereocenters. The maximum Gasteiger partial charge on any atom is 0.234 e. The highest BCUT2D eigenvalue weighted by molar-refractivity contribution is 5.85. The third-order valence-corrected chi connectivity index (χ3v) is 2.73. The number of carbonyl (C=O) groups excluding carboxylic acids is 1. The highest BCUT2D eigenvalue weighted by atomic mass is 35.5. The molecule has 1 fully saturated rings. The number of rotatable bonds is 9. The van der Waals surface area contributed by atoms with Gasteiger partial charge in [0.25, 0.3) is 0 Å². The van der Waals surface area contributed by atoms with Crippen molar-refractivity contribution >= 4 is 30.7 Å². The Morgan fingerprint density at radius 3 is 2.56 bits per heavy atom. The average molecular weight is 302 g/mol. The van der Waals surface area contributed by atoms with Crippen molar-refractivity contribution in [3.8, 4) is 0 Å². The second kappa shape index (κ2) is 12.0. The smallest absolute Gasteiger partial charge is 0.234 e. The second-order valence-electron chi connectivity index (χ2n) is 4.23. The van der Waals surface area contributed by atoms with Crippen LogP contribution in [-0.2, 0) is 9.53 Å². The van der Waals surface area contributed by atoms with Gasteiger partial charge >= 0.3 is 0 Å². The molecule has 7 heteroatoms. The lowest BCUT2D eigenvalue weighted by molar-refractivity contribution is -0.120. The minimum atomic E-state index is 0. The van der Waals surface area contributed by atoms with Gasteiger partial charge in [-0.15, -0.1) is 24.8 Å². The molecule has 0 atom stereocenters. The first kappa shape index (κ1) is 20.3. The molecule has 18 heavy (non-hydrogen) atoms. The Morgan fingerprint density at radius 2 is 2.00 bits per heavy atom. The molecule has 1 saturated carbocycles. The third-order valence-electron chi connectivity index (χ3n) is 2.73. The summed E-state index contributed by atoms with van der Waals surface area (Å²) in [7, 11) is 3.76. The number of nitrogens with zero attached hydrogens (tertiary/aromatic N) is 1. The number of carbonyl (C=O) groups is 1. The Balaban J connectivity index is 0. The van der Waals surface area contributed by atoms with Crippen LogP contribution in [0.25, 0.3) is 0 Å². The van der Waals surface area contributed by atoms with Crippen LogP contribution >= 0.6 is 24.8 Å². The Morgan fingerprint density at radius 1 is 1.33 bits per heavy atom. The van der Waals surface area contributed by atoms with E-state index in [4.69, 9.17) is 4.74 Å². The largest absolute Gasteiger partial charge is 0.383 e. The van der Waals surface area contributed by atoms with Crippen LogP contribution in [0.15, 0.2) is 0 Å². The molecular formula is C11H25Cl2N3O2. The summed E-state index contributed by atoms with van der Waals surface area (Å²) in [5.41, 5.74) is 0. The van der Waals surface area contributed by atoms with E-state index in [0.29, 0.717) is 19.7 Å². The molecule has 0 aliphatic heterocycles. The molecule has 0 spiro atoms. The van der Waals surface area contributed by atoms with Gasteiger partial charge in [-0.1, -0.05) is 0 Å². The van der Waals surface area contributed by atoms with Gasteiger partial charge in [-0.25, -0.2) is 0 Å². The van der Waals surface area contributed by atoms with E-state index in [1.165, 1.54) is 12.8 Å². The minimum Gasteiger partial charge on any atom is -0.383 e. The number of ether oxygens (including phenoxy) is 1. The van der Waals surface area contributed by atoms with Gasteiger partial charge < -0.3 is 20.3 Å². The van der Waals surface area contributed by atoms with E-state index in [1.807, 2.05) is 0 Å². The van der Waals surface area contributed by atoms with Gasteiger partial charge in [0.2, 0.25) is 5.91 Å². The van der Waals surface area contributed by atoms with Gasteiger partial charge in [0.1, 0.15) is 0 Å². The van der Waals surface area contributed by atoms with Crippen LogP contribution in [0.3, 0.4) is 0 Å². The first-order chi connectivity index (χ1) is 7.74. The maximum absolute atomic E-state index is 11.3. The lowest BCUT2D eigenvalue weighted by Crippen LogP contribution is -2.39. The van der Waals surface area contributed by atoms with E-state index in [1.54, 1.807) is 7.11 Å². The van der Waals surface area contributed by atoms with Crippen molar-refractivity contribution in [1.82, 2.24) is 15.5 Å². The lowest BCUT2D eigenvalue weighted by Gasteiger charge is -2.15. The fourth-order valence-electron chi connectivity index (χ4n) is 1.51. The normalized spacial score (nSPS) is 13.7. The molecule has 1 rings (SSSR count). The topological polar surface area (TPSA) is 53.6 Å². The Bertz CT molecular complexity index is 216. The lowest BCUT2D eigenvalue weighted by atomic mass is 10.4. The fraction of sp³-hybridized carbons (Fsp3) is 0.909. The highest BCUT2D eigenvalue weighted by Crippen LogP contribution is 2.24. The van der Waals surface area contributed by atoms with E-state index >= 15 is 0 Å². The van der Waals surface area contributed by atoms with E-state index in [9.17, 15) is 4.79 Å². The third kappa shape index (κ3) is 9.91. The molecule has 110 valence electrons. The molecule has 0 saturated heterocycles. The molecular weight excluding hydrogens is 277 g/mol. The van der Waals surface area contributed by atoms with Crippen molar-refractivity contribution in [2.45, 2.75) is 18.9 Å². The van der Waals surface area contributed by atoms with Crippen LogP contribution in [0.5, 0.6) is 0 Å². The quantitative estimate of drug-likeness (QED) is 0.601. The Hall–Kier alpha value is -0.0700. The van der Waals surface area contributed by atoms with Gasteiger partial charge in [-0.2, -0.15) is 0 Å². The summed E-state index contributed by atoms with van der Waals surface area (Å²) < 4.78 is 4.87. The van der Waals surface area contributed by atoms with Crippen LogP contribution in [0.2, 0.25) is 0 Å². The minimum absolute atomic E-state index is 0. The number of amides is 1. The molecule has 1 aliphatic rings. The first-order valence-electron chi connectivity index (χ1n) is 5.90. The second-order valence-corrected chi connectivity index (χ2v) is 4.23. The molecule has 1 amide bonds. The number of nitrogens with one attached hydrogen (secondary N) is 2. The number of hydrogen-bond donors (Lipinski definition) is 2. The molecule has 0 aromatic heterocycles. The molecule has 0 heterocycles. The van der Waals surface area contributed by atoms with Gasteiger partial charge in [-0.3, -0.25) is 4.79 Å². The SMILES string of the molecule is COCCNCC(=O)NCCN(C)C1CC1.Cl.Cl. The zero-order valence-corrected chi connectivity index (χ0v) is 12.7. The number of methoxy groups -OCH3 is 1. The zero-order valence-electron chi connectivity index (χ0n) is 11.1. The molecule has 5 nitrogen and oxygen atoms in total. The predicted molar refractivity (Wildman–Crippen MR) is 77.9 cm³/mol. The fourth-order valence-corrected chi connectivity index (χ4v) is 1.51. The summed E-state index contributed by atoms with van der Waals surface area (Å²) in [5, 5.41) is 5.90. The Labute approximate surface area is 122 Å². The molecule has 0 bridgehead atoms. The summed E-state index contributed by atoms with van der Waals surface area (Å²) >= 11 is 0. The van der Waals surface area contributed by atoms with Crippen LogP contribution in [-0.4, -0.2) is 63.8 Å². The summed E-state index contributed by atoms with van der Waals surface area (Å²) in [4.78, 5) is 13.6. The summed E-state index contributed by atoms with van der Waals surface area (Å²) in [5.74, 6) is 0.0558. The zero-order chi connectivity index (χ0) is 11.8. The van der Waals surface area contributed by atoms with Crippen molar-refractivity contribution in [2.24, 2.45) is 0 Å². The maximum atomic E-state index is 11.3. The molecule has 0 aromatic carbocycles. The van der Waals surface area contributed by atoms with E-state index in [2.05, 4.69) is 22.6 Å². The van der Waals surface area contributed by atoms with Crippen molar-refractivity contribution in [3.63, 3.8) is 0 Å². The summed E-state index contributed by atoms with van der Waals surface area (Å²) in [6, 6.07) is 0.761. The van der Waals surface area contributed by atoms with Crippen LogP contribution in [0.4, 0.5) is 0 Å². The van der Waals surface area contributed by atoms with Crippen molar-refractivity contribution < 1.29 is 9.53 Å². The van der Waals surface area contributed by atoms with Crippen molar-refractivity contribution in [1.29, 1.82) is 0 Å². The first-order valence-corrected chi connectivity index (χ1v) is 5.90. The highest BCUT2D eigenvalue weighted by Gasteiger charge is 2.25. The van der Waals surface area contributed by atoms with Crippen molar-refractivity contribution in [3.05, 3.63) is 0 Å².